The lowest BCUT2D eigenvalue weighted by molar-refractivity contribution is -0.128. The van der Waals surface area contributed by atoms with Crippen molar-refractivity contribution in [2.24, 2.45) is 13.0 Å². The van der Waals surface area contributed by atoms with Crippen LogP contribution in [-0.2, 0) is 11.8 Å². The molecular weight excluding hydrogens is 332 g/mol. The number of piperidine rings is 1. The Morgan fingerprint density at radius 2 is 2.08 bits per heavy atom. The molecule has 2 aliphatic heterocycles. The third kappa shape index (κ3) is 3.85. The molecule has 0 radical (unpaired) electrons. The third-order valence-corrected chi connectivity index (χ3v) is 5.65. The van der Waals surface area contributed by atoms with E-state index in [0.29, 0.717) is 25.4 Å². The van der Waals surface area contributed by atoms with Crippen molar-refractivity contribution in [3.63, 3.8) is 0 Å². The van der Waals surface area contributed by atoms with Crippen LogP contribution in [0.2, 0.25) is 0 Å². The van der Waals surface area contributed by atoms with E-state index in [2.05, 4.69) is 28.6 Å². The predicted octanol–water partition coefficient (Wildman–Crippen LogP) is 0.675. The first-order valence-corrected chi connectivity index (χ1v) is 9.32. The molecule has 26 heavy (non-hydrogen) atoms. The smallest absolute Gasteiger partial charge is 0.317 e. The summed E-state index contributed by atoms with van der Waals surface area (Å²) in [6.45, 7) is 2.41. The second-order valence-corrected chi connectivity index (χ2v) is 7.71. The predicted molar refractivity (Wildman–Crippen MR) is 98.5 cm³/mol. The van der Waals surface area contributed by atoms with E-state index in [1.54, 1.807) is 16.8 Å². The lowest BCUT2D eigenvalue weighted by Crippen LogP contribution is -2.49. The summed E-state index contributed by atoms with van der Waals surface area (Å²) in [6.07, 6.45) is 6.87. The van der Waals surface area contributed by atoms with E-state index in [1.807, 2.05) is 25.0 Å². The van der Waals surface area contributed by atoms with Gasteiger partial charge in [0.05, 0.1) is 6.20 Å². The maximum Gasteiger partial charge on any atom is 0.317 e. The van der Waals surface area contributed by atoms with Gasteiger partial charge in [0, 0.05) is 52.0 Å². The van der Waals surface area contributed by atoms with Crippen LogP contribution in [0.4, 0.5) is 4.79 Å². The first kappa shape index (κ1) is 18.7. The lowest BCUT2D eigenvalue weighted by Gasteiger charge is -2.40. The van der Waals surface area contributed by atoms with Crippen LogP contribution in [0.1, 0.15) is 30.9 Å². The van der Waals surface area contributed by atoms with Crippen LogP contribution >= 0.6 is 0 Å². The van der Waals surface area contributed by atoms with Crippen molar-refractivity contribution in [2.75, 3.05) is 40.8 Å². The monoisotopic (exact) mass is 362 g/mol. The van der Waals surface area contributed by atoms with E-state index in [4.69, 9.17) is 0 Å². The molecule has 1 aromatic heterocycles. The molecule has 3 atom stereocenters. The van der Waals surface area contributed by atoms with Gasteiger partial charge in [0.2, 0.25) is 5.91 Å². The highest BCUT2D eigenvalue weighted by Gasteiger charge is 2.34. The van der Waals surface area contributed by atoms with Gasteiger partial charge < -0.3 is 15.1 Å². The first-order valence-electron chi connectivity index (χ1n) is 9.32. The second kappa shape index (κ2) is 7.65. The Kier molecular flexibility index (Phi) is 5.50. The summed E-state index contributed by atoms with van der Waals surface area (Å²) in [4.78, 5) is 30.3. The number of rotatable bonds is 4. The van der Waals surface area contributed by atoms with E-state index in [-0.39, 0.29) is 18.0 Å². The van der Waals surface area contributed by atoms with Crippen LogP contribution < -0.4 is 5.32 Å². The van der Waals surface area contributed by atoms with E-state index < -0.39 is 6.04 Å². The number of carbonyl (C=O) groups is 2. The summed E-state index contributed by atoms with van der Waals surface area (Å²) in [5, 5.41) is 7.20. The van der Waals surface area contributed by atoms with Gasteiger partial charge in [-0.05, 0) is 38.8 Å². The van der Waals surface area contributed by atoms with Crippen molar-refractivity contribution >= 4 is 11.9 Å². The second-order valence-electron chi connectivity index (χ2n) is 7.71. The minimum Gasteiger partial charge on any atom is -0.344 e. The molecule has 0 bridgehead atoms. The molecular formula is C18H30N6O2. The van der Waals surface area contributed by atoms with Crippen LogP contribution in [0, 0.1) is 5.92 Å². The van der Waals surface area contributed by atoms with Crippen molar-refractivity contribution < 1.29 is 9.59 Å². The Morgan fingerprint density at radius 3 is 2.69 bits per heavy atom. The number of urea groups is 1. The molecule has 1 N–H and O–H groups in total. The fourth-order valence-corrected chi connectivity index (χ4v) is 4.22. The number of nitrogens with zero attached hydrogens (tertiary/aromatic N) is 5. The highest BCUT2D eigenvalue weighted by molar-refractivity contribution is 5.88. The van der Waals surface area contributed by atoms with Crippen molar-refractivity contribution in [1.82, 2.24) is 29.8 Å². The standard InChI is InChI=1S/C18H30N6O2/c1-21-8-5-6-13(16(21)14-10-19-24(4)12-14)11-23(3)18(26)20-15-7-9-22(2)17(15)25/h10,12-13,15-16H,5-9,11H2,1-4H3,(H,20,26)/t13-,15+,16+/m0/s1. The van der Waals surface area contributed by atoms with Crippen LogP contribution in [0.5, 0.6) is 0 Å². The zero-order valence-electron chi connectivity index (χ0n) is 16.2. The number of likely N-dealkylation sites (tertiary alicyclic amines) is 2. The number of likely N-dealkylation sites (N-methyl/N-ethyl adjacent to an activating group) is 1. The molecule has 2 aliphatic rings. The van der Waals surface area contributed by atoms with Crippen molar-refractivity contribution in [2.45, 2.75) is 31.3 Å². The molecule has 2 fully saturated rings. The molecule has 3 heterocycles. The third-order valence-electron chi connectivity index (χ3n) is 5.65. The molecule has 0 aliphatic carbocycles. The Labute approximate surface area is 155 Å². The number of hydrogen-bond donors (Lipinski definition) is 1. The van der Waals surface area contributed by atoms with Crippen molar-refractivity contribution in [3.8, 4) is 0 Å². The minimum absolute atomic E-state index is 0.00242. The molecule has 0 aromatic carbocycles. The topological polar surface area (TPSA) is 73.7 Å². The molecule has 0 saturated carbocycles. The fraction of sp³-hybridized carbons (Fsp3) is 0.722. The summed E-state index contributed by atoms with van der Waals surface area (Å²) >= 11 is 0. The average molecular weight is 362 g/mol. The summed E-state index contributed by atoms with van der Waals surface area (Å²) in [5.41, 5.74) is 1.20. The molecule has 144 valence electrons. The Hall–Kier alpha value is -2.09. The van der Waals surface area contributed by atoms with Crippen molar-refractivity contribution in [1.29, 1.82) is 0 Å². The zero-order valence-corrected chi connectivity index (χ0v) is 16.2. The Bertz CT molecular complexity index is 660. The summed E-state index contributed by atoms with van der Waals surface area (Å²) in [7, 11) is 7.65. The molecule has 8 heteroatoms. The summed E-state index contributed by atoms with van der Waals surface area (Å²) in [5.74, 6) is 0.341. The largest absolute Gasteiger partial charge is 0.344 e. The van der Waals surface area contributed by atoms with Gasteiger partial charge in [0.15, 0.2) is 0 Å². The van der Waals surface area contributed by atoms with Gasteiger partial charge in [-0.3, -0.25) is 14.4 Å². The maximum absolute atomic E-state index is 12.6. The number of aryl methyl sites for hydroxylation is 1. The minimum atomic E-state index is -0.391. The van der Waals surface area contributed by atoms with Crippen LogP contribution in [0.3, 0.4) is 0 Å². The van der Waals surface area contributed by atoms with Crippen LogP contribution in [-0.4, -0.2) is 83.2 Å². The Balaban J connectivity index is 1.63. The van der Waals surface area contributed by atoms with Crippen molar-refractivity contribution in [3.05, 3.63) is 18.0 Å². The van der Waals surface area contributed by atoms with Gasteiger partial charge in [-0.1, -0.05) is 0 Å². The van der Waals surface area contributed by atoms with Crippen LogP contribution in [0.15, 0.2) is 12.4 Å². The molecule has 3 rings (SSSR count). The van der Waals surface area contributed by atoms with E-state index in [9.17, 15) is 9.59 Å². The average Bonchev–Trinajstić information content (AvgIpc) is 3.15. The maximum atomic E-state index is 12.6. The van der Waals surface area contributed by atoms with E-state index >= 15 is 0 Å². The van der Waals surface area contributed by atoms with Crippen LogP contribution in [0.25, 0.3) is 0 Å². The highest BCUT2D eigenvalue weighted by Crippen LogP contribution is 2.35. The summed E-state index contributed by atoms with van der Waals surface area (Å²) in [6, 6.07) is -0.304. The molecule has 2 saturated heterocycles. The number of carbonyl (C=O) groups excluding carboxylic acids is 2. The molecule has 0 spiro atoms. The quantitative estimate of drug-likeness (QED) is 0.855. The summed E-state index contributed by atoms with van der Waals surface area (Å²) < 4.78 is 1.83. The van der Waals surface area contributed by atoms with Gasteiger partial charge in [0.1, 0.15) is 6.04 Å². The molecule has 0 unspecified atom stereocenters. The normalized spacial score (nSPS) is 27.0. The van der Waals surface area contributed by atoms with Gasteiger partial charge in [-0.25, -0.2) is 4.79 Å². The Morgan fingerprint density at radius 1 is 1.31 bits per heavy atom. The SMILES string of the molecule is CN(C[C@@H]1CCCN(C)[C@H]1c1cnn(C)c1)C(=O)N[C@@H]1CCN(C)C1=O. The first-order chi connectivity index (χ1) is 12.4. The van der Waals surface area contributed by atoms with Gasteiger partial charge in [-0.15, -0.1) is 0 Å². The fourth-order valence-electron chi connectivity index (χ4n) is 4.22. The van der Waals surface area contributed by atoms with Gasteiger partial charge in [-0.2, -0.15) is 5.10 Å². The highest BCUT2D eigenvalue weighted by atomic mass is 16.2. The molecule has 3 amide bonds. The van der Waals surface area contributed by atoms with E-state index in [0.717, 1.165) is 19.4 Å². The molecule has 1 aromatic rings. The zero-order chi connectivity index (χ0) is 18.8. The van der Waals surface area contributed by atoms with E-state index in [1.165, 1.54) is 5.56 Å². The number of nitrogens with one attached hydrogen (secondary N) is 1. The number of amides is 3. The lowest BCUT2D eigenvalue weighted by atomic mass is 9.86. The van der Waals surface area contributed by atoms with Gasteiger partial charge in [0.25, 0.3) is 0 Å². The number of aromatic nitrogens is 2. The molecule has 8 nitrogen and oxygen atoms in total. The number of hydrogen-bond acceptors (Lipinski definition) is 4. The van der Waals surface area contributed by atoms with Gasteiger partial charge >= 0.3 is 6.03 Å².